The summed E-state index contributed by atoms with van der Waals surface area (Å²) in [5.74, 6) is 0. The van der Waals surface area contributed by atoms with E-state index in [0.29, 0.717) is 0 Å². The van der Waals surface area contributed by atoms with E-state index in [-0.39, 0.29) is 0 Å². The average Bonchev–Trinajstić information content (AvgIpc) is 1.65. The molecule has 0 aromatic carbocycles. The van der Waals surface area contributed by atoms with E-state index in [0.717, 1.165) is 6.08 Å². The quantitative estimate of drug-likeness (QED) is 0.180. The van der Waals surface area contributed by atoms with Crippen LogP contribution in [0.25, 0.3) is 0 Å². The van der Waals surface area contributed by atoms with Crippen molar-refractivity contribution < 1.29 is 9.55 Å². The molecule has 2 atom stereocenters. The molecule has 5 heteroatoms. The molecular weight excluding hydrogens is 122 g/mol. The van der Waals surface area contributed by atoms with Crippen LogP contribution in [0.1, 0.15) is 6.92 Å². The summed E-state index contributed by atoms with van der Waals surface area (Å²) in [4.78, 5) is 9.56. The van der Waals surface area contributed by atoms with Gasteiger partial charge >= 0.3 is 0 Å². The van der Waals surface area contributed by atoms with Gasteiger partial charge in [-0.2, -0.15) is 0 Å². The van der Waals surface area contributed by atoms with Crippen LogP contribution in [0.3, 0.4) is 0 Å². The Morgan fingerprint density at radius 2 is 2.33 bits per heavy atom. The molecule has 0 spiro atoms. The molecule has 0 saturated carbocycles. The van der Waals surface area contributed by atoms with Gasteiger partial charge in [-0.15, -0.1) is 0 Å². The first-order valence-electron chi connectivity index (χ1n) is 2.43. The molecule has 5 nitrogen and oxygen atoms in total. The van der Waals surface area contributed by atoms with Crippen molar-refractivity contribution in [2.45, 2.75) is 13.1 Å². The Bertz CT molecular complexity index is 137. The number of hydroxylamine groups is 2. The molecule has 52 valence electrons. The Hall–Kier alpha value is -0.740. The molecule has 0 aromatic heterocycles. The van der Waals surface area contributed by atoms with Crippen LogP contribution in [-0.4, -0.2) is 24.0 Å². The van der Waals surface area contributed by atoms with Crippen molar-refractivity contribution in [3.05, 3.63) is 5.21 Å². The van der Waals surface area contributed by atoms with Gasteiger partial charge in [0.15, 0.2) is 6.17 Å². The second kappa shape index (κ2) is 2.70. The normalized spacial score (nSPS) is 19.6. The largest absolute Gasteiger partial charge is 0.603 e. The highest BCUT2D eigenvalue weighted by Gasteiger charge is 2.13. The number of rotatable bonds is 2. The Labute approximate surface area is 52.9 Å². The third-order valence-corrected chi connectivity index (χ3v) is 0.995. The molecule has 0 bridgehead atoms. The molecule has 0 radical (unpaired) electrons. The van der Waals surface area contributed by atoms with E-state index in [4.69, 9.17) is 5.73 Å². The van der Waals surface area contributed by atoms with Crippen molar-refractivity contribution in [2.75, 3.05) is 7.05 Å². The Morgan fingerprint density at radius 3 is 2.44 bits per heavy atom. The summed E-state index contributed by atoms with van der Waals surface area (Å²) >= 11 is 0. The van der Waals surface area contributed by atoms with Crippen LogP contribution in [0.5, 0.6) is 0 Å². The van der Waals surface area contributed by atoms with Crippen LogP contribution in [0, 0.1) is 5.21 Å². The van der Waals surface area contributed by atoms with Crippen LogP contribution in [0.2, 0.25) is 0 Å². The number of nitrogens with zero attached hydrogens (tertiary/aromatic N) is 2. The lowest BCUT2D eigenvalue weighted by molar-refractivity contribution is -0.890. The molecule has 0 rings (SSSR count). The van der Waals surface area contributed by atoms with Crippen molar-refractivity contribution in [3.63, 3.8) is 0 Å². The van der Waals surface area contributed by atoms with Gasteiger partial charge in [0.05, 0.1) is 7.05 Å². The molecular formula is C4H9N3O2. The minimum Gasteiger partial charge on any atom is -0.603 e. The van der Waals surface area contributed by atoms with Gasteiger partial charge in [-0.05, 0) is 0 Å². The van der Waals surface area contributed by atoms with E-state index in [1.165, 1.54) is 14.0 Å². The van der Waals surface area contributed by atoms with E-state index in [9.17, 15) is 10.0 Å². The second-order valence-corrected chi connectivity index (χ2v) is 1.88. The van der Waals surface area contributed by atoms with Gasteiger partial charge in [-0.1, -0.05) is 0 Å². The summed E-state index contributed by atoms with van der Waals surface area (Å²) in [6.07, 6.45) is 0.414. The van der Waals surface area contributed by atoms with Crippen LogP contribution in [-0.2, 0) is 4.79 Å². The van der Waals surface area contributed by atoms with Crippen molar-refractivity contribution in [1.29, 1.82) is 0 Å². The summed E-state index contributed by atoms with van der Waals surface area (Å²) in [7, 11) is 1.18. The maximum atomic E-state index is 10.8. The lowest BCUT2D eigenvalue weighted by Gasteiger charge is -2.32. The predicted octanol–water partition coefficient (Wildman–Crippen LogP) is -0.514. The van der Waals surface area contributed by atoms with Gasteiger partial charge in [0, 0.05) is 12.0 Å². The SMILES string of the molecule is C[C@@H](N)[N+](C)([O-])N=C=O. The van der Waals surface area contributed by atoms with Crippen molar-refractivity contribution in [2.24, 2.45) is 10.8 Å². The maximum Gasteiger partial charge on any atom is 0.294 e. The van der Waals surface area contributed by atoms with Crippen LogP contribution in [0.4, 0.5) is 0 Å². The number of hydrogen-bond donors (Lipinski definition) is 1. The zero-order valence-electron chi connectivity index (χ0n) is 5.37. The summed E-state index contributed by atoms with van der Waals surface area (Å²) < 4.78 is -1.12. The van der Waals surface area contributed by atoms with Crippen LogP contribution >= 0.6 is 0 Å². The zero-order chi connectivity index (χ0) is 7.49. The van der Waals surface area contributed by atoms with Gasteiger partial charge in [0.2, 0.25) is 0 Å². The van der Waals surface area contributed by atoms with Gasteiger partial charge in [0.1, 0.15) is 0 Å². The number of quaternary nitrogens is 1. The van der Waals surface area contributed by atoms with E-state index in [1.807, 2.05) is 0 Å². The standard InChI is InChI=1S/C4H9N3O2/c1-4(5)7(2,9)6-3-8/h4H,5H2,1-2H3/t4-,7?/m0/s1. The summed E-state index contributed by atoms with van der Waals surface area (Å²) in [6.45, 7) is 1.47. The van der Waals surface area contributed by atoms with Crippen LogP contribution in [0.15, 0.2) is 5.10 Å². The summed E-state index contributed by atoms with van der Waals surface area (Å²) in [5.41, 5.74) is 5.14. The Kier molecular flexibility index (Phi) is 2.48. The average molecular weight is 131 g/mol. The van der Waals surface area contributed by atoms with E-state index < -0.39 is 10.9 Å². The minimum absolute atomic E-state index is 0.730. The Balaban J connectivity index is 4.18. The fourth-order valence-electron chi connectivity index (χ4n) is 0.172. The number of carbonyl (C=O) groups excluding carboxylic acids is 1. The molecule has 0 heterocycles. The summed E-state index contributed by atoms with van der Waals surface area (Å²) in [5, 5.41) is 13.7. The zero-order valence-corrected chi connectivity index (χ0v) is 5.37. The summed E-state index contributed by atoms with van der Waals surface area (Å²) in [6, 6.07) is 0. The topological polar surface area (TPSA) is 78.5 Å². The fraction of sp³-hybridized carbons (Fsp3) is 0.750. The highest BCUT2D eigenvalue weighted by molar-refractivity contribution is 5.31. The highest BCUT2D eigenvalue weighted by atomic mass is 16.6. The molecule has 0 aliphatic rings. The lowest BCUT2D eigenvalue weighted by atomic mass is 10.6. The van der Waals surface area contributed by atoms with E-state index >= 15 is 0 Å². The number of hydrogen-bond acceptors (Lipinski definition) is 4. The van der Waals surface area contributed by atoms with E-state index in [1.54, 1.807) is 0 Å². The maximum absolute atomic E-state index is 10.8. The third-order valence-electron chi connectivity index (χ3n) is 0.995. The monoisotopic (exact) mass is 131 g/mol. The molecule has 1 unspecified atom stereocenters. The first kappa shape index (κ1) is 8.26. The molecule has 0 aromatic rings. The number of nitrogens with two attached hydrogens (primary N) is 1. The first-order valence-corrected chi connectivity index (χ1v) is 2.43. The smallest absolute Gasteiger partial charge is 0.294 e. The molecule has 0 amide bonds. The molecule has 0 aliphatic heterocycles. The van der Waals surface area contributed by atoms with Gasteiger partial charge in [-0.25, -0.2) is 9.55 Å². The van der Waals surface area contributed by atoms with Gasteiger partial charge in [-0.3, -0.25) is 5.73 Å². The minimum atomic E-state index is -1.12. The number of isocyanates is 1. The molecule has 2 N–H and O–H groups in total. The lowest BCUT2D eigenvalue weighted by Crippen LogP contribution is -2.46. The van der Waals surface area contributed by atoms with Gasteiger partial charge < -0.3 is 5.21 Å². The third kappa shape index (κ3) is 2.34. The van der Waals surface area contributed by atoms with Crippen molar-refractivity contribution >= 4 is 6.08 Å². The molecule has 0 fully saturated rings. The second-order valence-electron chi connectivity index (χ2n) is 1.88. The van der Waals surface area contributed by atoms with Crippen molar-refractivity contribution in [3.8, 4) is 0 Å². The molecule has 0 saturated heterocycles. The van der Waals surface area contributed by atoms with Crippen LogP contribution < -0.4 is 5.73 Å². The molecule has 0 aliphatic carbocycles. The molecule has 9 heavy (non-hydrogen) atoms. The van der Waals surface area contributed by atoms with E-state index in [2.05, 4.69) is 5.10 Å². The van der Waals surface area contributed by atoms with Gasteiger partial charge in [0.25, 0.3) is 6.08 Å². The fourth-order valence-corrected chi connectivity index (χ4v) is 0.172. The first-order chi connectivity index (χ1) is 4.00. The highest BCUT2D eigenvalue weighted by Crippen LogP contribution is 2.01. The predicted molar refractivity (Wildman–Crippen MR) is 31.3 cm³/mol. The Morgan fingerprint density at radius 1 is 1.89 bits per heavy atom. The van der Waals surface area contributed by atoms with Crippen molar-refractivity contribution in [1.82, 2.24) is 0 Å².